The van der Waals surface area contributed by atoms with E-state index in [9.17, 15) is 18.4 Å². The summed E-state index contributed by atoms with van der Waals surface area (Å²) >= 11 is 0. The van der Waals surface area contributed by atoms with Crippen LogP contribution >= 0.6 is 0 Å². The van der Waals surface area contributed by atoms with Crippen molar-refractivity contribution in [1.29, 1.82) is 0 Å². The van der Waals surface area contributed by atoms with Gasteiger partial charge in [0.2, 0.25) is 5.91 Å². The lowest BCUT2D eigenvalue weighted by atomic mass is 10.2. The second-order valence-corrected chi connectivity index (χ2v) is 3.84. The number of ether oxygens (including phenoxy) is 1. The number of carboxylic acids is 1. The number of rotatable bonds is 9. The molecule has 0 aliphatic carbocycles. The fraction of sp³-hybridized carbons (Fsp3) is 0.818. The zero-order valence-corrected chi connectivity index (χ0v) is 10.6. The van der Waals surface area contributed by atoms with Crippen molar-refractivity contribution in [3.63, 3.8) is 0 Å². The van der Waals surface area contributed by atoms with Gasteiger partial charge in [-0.05, 0) is 13.8 Å². The Morgan fingerprint density at radius 3 is 2.44 bits per heavy atom. The van der Waals surface area contributed by atoms with Gasteiger partial charge in [-0.2, -0.15) is 0 Å². The van der Waals surface area contributed by atoms with E-state index in [0.717, 1.165) is 0 Å². The van der Waals surface area contributed by atoms with Crippen LogP contribution in [0.1, 0.15) is 26.7 Å². The highest BCUT2D eigenvalue weighted by atomic mass is 19.3. The maximum atomic E-state index is 11.8. The van der Waals surface area contributed by atoms with Gasteiger partial charge in [0.1, 0.15) is 6.61 Å². The quantitative estimate of drug-likeness (QED) is 0.641. The van der Waals surface area contributed by atoms with Crippen LogP contribution in [-0.2, 0) is 14.3 Å². The molecule has 1 N–H and O–H groups in total. The van der Waals surface area contributed by atoms with Crippen LogP contribution in [0.25, 0.3) is 0 Å². The van der Waals surface area contributed by atoms with Crippen LogP contribution in [0.3, 0.4) is 0 Å². The van der Waals surface area contributed by atoms with E-state index in [4.69, 9.17) is 5.11 Å². The van der Waals surface area contributed by atoms with E-state index in [2.05, 4.69) is 4.74 Å². The number of hydrogen-bond acceptors (Lipinski definition) is 3. The van der Waals surface area contributed by atoms with Crippen molar-refractivity contribution in [3.8, 4) is 0 Å². The van der Waals surface area contributed by atoms with Crippen LogP contribution in [-0.4, -0.2) is 54.1 Å². The van der Waals surface area contributed by atoms with Crippen LogP contribution < -0.4 is 0 Å². The lowest BCUT2D eigenvalue weighted by Crippen LogP contribution is -2.40. The summed E-state index contributed by atoms with van der Waals surface area (Å²) in [7, 11) is 0. The Bertz CT molecular complexity index is 274. The van der Waals surface area contributed by atoms with Crippen molar-refractivity contribution < 1.29 is 28.2 Å². The Kier molecular flexibility index (Phi) is 8.19. The summed E-state index contributed by atoms with van der Waals surface area (Å²) in [6.07, 6.45) is -2.71. The maximum Gasteiger partial charge on any atom is 0.305 e. The first-order valence-electron chi connectivity index (χ1n) is 5.75. The fourth-order valence-electron chi connectivity index (χ4n) is 1.57. The van der Waals surface area contributed by atoms with Gasteiger partial charge in [0.15, 0.2) is 0 Å². The standard InChI is InChI=1S/C11H19F2NO4/c1-3-14(8(2)6-11(16)17)10(15)4-5-18-7-9(12)13/h8-9H,3-7H2,1-2H3,(H,16,17). The van der Waals surface area contributed by atoms with Gasteiger partial charge in [-0.15, -0.1) is 0 Å². The highest BCUT2D eigenvalue weighted by molar-refractivity contribution is 5.77. The van der Waals surface area contributed by atoms with E-state index >= 15 is 0 Å². The smallest absolute Gasteiger partial charge is 0.305 e. The van der Waals surface area contributed by atoms with Gasteiger partial charge in [0.25, 0.3) is 6.43 Å². The summed E-state index contributed by atoms with van der Waals surface area (Å²) in [6.45, 7) is 2.97. The molecule has 0 radical (unpaired) electrons. The van der Waals surface area contributed by atoms with E-state index in [1.165, 1.54) is 4.90 Å². The Balaban J connectivity index is 4.06. The third-order valence-electron chi connectivity index (χ3n) is 2.37. The number of carboxylic acid groups (broad SMARTS) is 1. The minimum atomic E-state index is -2.55. The predicted octanol–water partition coefficient (Wildman–Crippen LogP) is 1.37. The van der Waals surface area contributed by atoms with Crippen molar-refractivity contribution in [2.24, 2.45) is 0 Å². The number of alkyl halides is 2. The molecule has 0 aromatic heterocycles. The molecule has 0 bridgehead atoms. The van der Waals surface area contributed by atoms with E-state index in [1.807, 2.05) is 0 Å². The number of halogens is 2. The Labute approximate surface area is 105 Å². The molecule has 0 aliphatic rings. The third-order valence-corrected chi connectivity index (χ3v) is 2.37. The van der Waals surface area contributed by atoms with E-state index in [1.54, 1.807) is 13.8 Å². The maximum absolute atomic E-state index is 11.8. The molecule has 0 aliphatic heterocycles. The van der Waals surface area contributed by atoms with Gasteiger partial charge >= 0.3 is 5.97 Å². The average Bonchev–Trinajstić information content (AvgIpc) is 2.24. The van der Waals surface area contributed by atoms with Gasteiger partial charge in [-0.1, -0.05) is 0 Å². The molecule has 0 rings (SSSR count). The van der Waals surface area contributed by atoms with Gasteiger partial charge < -0.3 is 14.7 Å². The molecule has 0 fully saturated rings. The SMILES string of the molecule is CCN(C(=O)CCOCC(F)F)C(C)CC(=O)O. The monoisotopic (exact) mass is 267 g/mol. The van der Waals surface area contributed by atoms with Gasteiger partial charge in [-0.3, -0.25) is 9.59 Å². The van der Waals surface area contributed by atoms with Crippen LogP contribution in [0.2, 0.25) is 0 Å². The fourth-order valence-corrected chi connectivity index (χ4v) is 1.57. The number of carbonyl (C=O) groups is 2. The molecule has 106 valence electrons. The molecular formula is C11H19F2NO4. The highest BCUT2D eigenvalue weighted by Crippen LogP contribution is 2.06. The van der Waals surface area contributed by atoms with Crippen molar-refractivity contribution in [3.05, 3.63) is 0 Å². The van der Waals surface area contributed by atoms with E-state index < -0.39 is 25.0 Å². The molecule has 0 spiro atoms. The molecule has 1 atom stereocenters. The summed E-state index contributed by atoms with van der Waals surface area (Å²) < 4.78 is 28.1. The molecule has 0 saturated carbocycles. The Morgan fingerprint density at radius 2 is 2.00 bits per heavy atom. The number of nitrogens with zero attached hydrogens (tertiary/aromatic N) is 1. The van der Waals surface area contributed by atoms with Crippen LogP contribution in [0, 0.1) is 0 Å². The van der Waals surface area contributed by atoms with Crippen LogP contribution in [0.5, 0.6) is 0 Å². The van der Waals surface area contributed by atoms with Crippen LogP contribution in [0.4, 0.5) is 8.78 Å². The van der Waals surface area contributed by atoms with Gasteiger partial charge in [0, 0.05) is 12.6 Å². The molecule has 1 amide bonds. The molecule has 1 unspecified atom stereocenters. The summed E-state index contributed by atoms with van der Waals surface area (Å²) in [4.78, 5) is 23.7. The van der Waals surface area contributed by atoms with Crippen molar-refractivity contribution in [1.82, 2.24) is 4.90 Å². The topological polar surface area (TPSA) is 66.8 Å². The van der Waals surface area contributed by atoms with Crippen molar-refractivity contribution >= 4 is 11.9 Å². The summed E-state index contributed by atoms with van der Waals surface area (Å²) in [5, 5.41) is 8.64. The van der Waals surface area contributed by atoms with Crippen molar-refractivity contribution in [2.45, 2.75) is 39.2 Å². The summed E-state index contributed by atoms with van der Waals surface area (Å²) in [5.74, 6) is -1.27. The van der Waals surface area contributed by atoms with E-state index in [0.29, 0.717) is 6.54 Å². The minimum Gasteiger partial charge on any atom is -0.481 e. The minimum absolute atomic E-state index is 0.0233. The zero-order chi connectivity index (χ0) is 14.1. The zero-order valence-electron chi connectivity index (χ0n) is 10.6. The second-order valence-electron chi connectivity index (χ2n) is 3.84. The first kappa shape index (κ1) is 16.8. The normalized spacial score (nSPS) is 12.5. The van der Waals surface area contributed by atoms with Gasteiger partial charge in [-0.25, -0.2) is 8.78 Å². The number of carbonyl (C=O) groups excluding carboxylic acids is 1. The average molecular weight is 267 g/mol. The molecule has 0 heterocycles. The number of hydrogen-bond donors (Lipinski definition) is 1. The molecule has 7 heteroatoms. The lowest BCUT2D eigenvalue weighted by Gasteiger charge is -2.27. The summed E-state index contributed by atoms with van der Waals surface area (Å²) in [5.41, 5.74) is 0. The molecule has 5 nitrogen and oxygen atoms in total. The lowest BCUT2D eigenvalue weighted by molar-refractivity contribution is -0.140. The van der Waals surface area contributed by atoms with E-state index in [-0.39, 0.29) is 25.4 Å². The molecule has 18 heavy (non-hydrogen) atoms. The second kappa shape index (κ2) is 8.79. The molecule has 0 aromatic rings. The molecular weight excluding hydrogens is 248 g/mol. The largest absolute Gasteiger partial charge is 0.481 e. The first-order chi connectivity index (χ1) is 8.38. The molecule has 0 aromatic carbocycles. The molecule has 0 saturated heterocycles. The highest BCUT2D eigenvalue weighted by Gasteiger charge is 2.20. The van der Waals surface area contributed by atoms with Crippen molar-refractivity contribution in [2.75, 3.05) is 19.8 Å². The first-order valence-corrected chi connectivity index (χ1v) is 5.75. The Morgan fingerprint density at radius 1 is 1.39 bits per heavy atom. The third kappa shape index (κ3) is 7.16. The summed E-state index contributed by atoms with van der Waals surface area (Å²) in [6, 6.07) is -0.421. The van der Waals surface area contributed by atoms with Gasteiger partial charge in [0.05, 0.1) is 19.4 Å². The number of aliphatic carboxylic acids is 1. The van der Waals surface area contributed by atoms with Crippen LogP contribution in [0.15, 0.2) is 0 Å². The number of amides is 1. The predicted molar refractivity (Wildman–Crippen MR) is 60.5 cm³/mol. The Hall–Kier alpha value is -1.24.